The molecule has 0 aliphatic heterocycles. The number of hydrogen-bond donors (Lipinski definition) is 0. The van der Waals surface area contributed by atoms with Crippen molar-refractivity contribution in [2.24, 2.45) is 0 Å². The molecule has 0 fully saturated rings. The summed E-state index contributed by atoms with van der Waals surface area (Å²) < 4.78 is 0. The molecule has 0 radical (unpaired) electrons. The van der Waals surface area contributed by atoms with Crippen LogP contribution in [0.25, 0.3) is 0 Å². The van der Waals surface area contributed by atoms with Gasteiger partial charge in [0, 0.05) is 5.92 Å². The van der Waals surface area contributed by atoms with Gasteiger partial charge in [-0.05, 0) is 34.6 Å². The molecule has 0 heteroatoms. The SMILES string of the molecule is C=CC(c1ccc(CC)cc1)c1ccc(C(C)C)cc1. The lowest BCUT2D eigenvalue weighted by atomic mass is 9.89. The Morgan fingerprint density at radius 2 is 1.30 bits per heavy atom. The van der Waals surface area contributed by atoms with Crippen LogP contribution >= 0.6 is 0 Å². The van der Waals surface area contributed by atoms with E-state index in [-0.39, 0.29) is 5.92 Å². The van der Waals surface area contributed by atoms with Gasteiger partial charge in [0.25, 0.3) is 0 Å². The van der Waals surface area contributed by atoms with Crippen molar-refractivity contribution < 1.29 is 0 Å². The van der Waals surface area contributed by atoms with Crippen LogP contribution in [0.1, 0.15) is 54.9 Å². The molecule has 0 heterocycles. The van der Waals surface area contributed by atoms with Gasteiger partial charge in [0.05, 0.1) is 0 Å². The lowest BCUT2D eigenvalue weighted by Gasteiger charge is -2.15. The van der Waals surface area contributed by atoms with Gasteiger partial charge in [-0.25, -0.2) is 0 Å². The van der Waals surface area contributed by atoms with Gasteiger partial charge < -0.3 is 0 Å². The molecule has 2 rings (SSSR count). The highest BCUT2D eigenvalue weighted by molar-refractivity contribution is 5.39. The van der Waals surface area contributed by atoms with E-state index in [2.05, 4.69) is 75.9 Å². The number of benzene rings is 2. The fourth-order valence-corrected chi connectivity index (χ4v) is 2.51. The van der Waals surface area contributed by atoms with Crippen molar-refractivity contribution in [3.63, 3.8) is 0 Å². The zero-order valence-corrected chi connectivity index (χ0v) is 12.8. The first-order chi connectivity index (χ1) is 9.65. The average Bonchev–Trinajstić information content (AvgIpc) is 2.49. The lowest BCUT2D eigenvalue weighted by Crippen LogP contribution is -1.98. The maximum Gasteiger partial charge on any atom is 0.0266 e. The Morgan fingerprint density at radius 1 is 0.850 bits per heavy atom. The highest BCUT2D eigenvalue weighted by Gasteiger charge is 2.10. The topological polar surface area (TPSA) is 0 Å². The van der Waals surface area contributed by atoms with Gasteiger partial charge in [-0.3, -0.25) is 0 Å². The normalized spacial score (nSPS) is 12.4. The van der Waals surface area contributed by atoms with E-state index < -0.39 is 0 Å². The van der Waals surface area contributed by atoms with E-state index in [0.29, 0.717) is 5.92 Å². The molecule has 0 saturated carbocycles. The van der Waals surface area contributed by atoms with E-state index in [4.69, 9.17) is 0 Å². The molecule has 0 spiro atoms. The summed E-state index contributed by atoms with van der Waals surface area (Å²) in [4.78, 5) is 0. The van der Waals surface area contributed by atoms with Crippen LogP contribution < -0.4 is 0 Å². The third-order valence-corrected chi connectivity index (χ3v) is 3.95. The van der Waals surface area contributed by atoms with Gasteiger partial charge in [-0.1, -0.05) is 75.4 Å². The summed E-state index contributed by atoms with van der Waals surface area (Å²) in [6.07, 6.45) is 3.12. The molecule has 20 heavy (non-hydrogen) atoms. The number of allylic oxidation sites excluding steroid dienone is 1. The molecule has 0 nitrogen and oxygen atoms in total. The lowest BCUT2D eigenvalue weighted by molar-refractivity contribution is 0.863. The summed E-state index contributed by atoms with van der Waals surface area (Å²) in [5, 5.41) is 0. The van der Waals surface area contributed by atoms with Crippen molar-refractivity contribution in [2.75, 3.05) is 0 Å². The summed E-state index contributed by atoms with van der Waals surface area (Å²) in [6, 6.07) is 17.8. The molecule has 0 aliphatic rings. The second kappa shape index (κ2) is 6.56. The maximum atomic E-state index is 4.01. The third kappa shape index (κ3) is 3.19. The van der Waals surface area contributed by atoms with E-state index in [1.54, 1.807) is 0 Å². The Kier molecular flexibility index (Phi) is 4.79. The van der Waals surface area contributed by atoms with Crippen LogP contribution in [-0.2, 0) is 6.42 Å². The van der Waals surface area contributed by atoms with Crippen molar-refractivity contribution in [2.45, 2.75) is 39.0 Å². The molecule has 2 aromatic carbocycles. The predicted molar refractivity (Wildman–Crippen MR) is 88.4 cm³/mol. The van der Waals surface area contributed by atoms with Crippen molar-refractivity contribution in [3.8, 4) is 0 Å². The summed E-state index contributed by atoms with van der Waals surface area (Å²) in [7, 11) is 0. The molecule has 0 aliphatic carbocycles. The van der Waals surface area contributed by atoms with Crippen LogP contribution in [0.4, 0.5) is 0 Å². The van der Waals surface area contributed by atoms with Gasteiger partial charge >= 0.3 is 0 Å². The van der Waals surface area contributed by atoms with Crippen LogP contribution in [-0.4, -0.2) is 0 Å². The first-order valence-corrected chi connectivity index (χ1v) is 7.47. The minimum Gasteiger partial charge on any atom is -0.102 e. The van der Waals surface area contributed by atoms with Crippen molar-refractivity contribution >= 4 is 0 Å². The Balaban J connectivity index is 2.28. The smallest absolute Gasteiger partial charge is 0.0266 e. The predicted octanol–water partition coefficient (Wildman–Crippen LogP) is 5.69. The fraction of sp³-hybridized carbons (Fsp3) is 0.300. The van der Waals surface area contributed by atoms with Gasteiger partial charge in [-0.2, -0.15) is 0 Å². The van der Waals surface area contributed by atoms with Gasteiger partial charge in [0.1, 0.15) is 0 Å². The quantitative estimate of drug-likeness (QED) is 0.608. The third-order valence-electron chi connectivity index (χ3n) is 3.95. The summed E-state index contributed by atoms with van der Waals surface area (Å²) in [5.74, 6) is 0.859. The van der Waals surface area contributed by atoms with Crippen molar-refractivity contribution in [1.29, 1.82) is 0 Å². The molecule has 0 bridgehead atoms. The molecule has 1 atom stereocenters. The molecule has 0 aromatic heterocycles. The monoisotopic (exact) mass is 264 g/mol. The van der Waals surface area contributed by atoms with Crippen LogP contribution in [0.3, 0.4) is 0 Å². The minimum absolute atomic E-state index is 0.280. The summed E-state index contributed by atoms with van der Waals surface area (Å²) in [5.41, 5.74) is 5.40. The molecule has 2 aromatic rings. The van der Waals surface area contributed by atoms with Crippen LogP contribution in [0.15, 0.2) is 61.2 Å². The van der Waals surface area contributed by atoms with Crippen LogP contribution in [0.2, 0.25) is 0 Å². The minimum atomic E-state index is 0.280. The number of aryl methyl sites for hydroxylation is 1. The standard InChI is InChI=1S/C20H24/c1-5-16-7-9-18(10-8-16)20(6-2)19-13-11-17(12-14-19)15(3)4/h6-15,20H,2,5H2,1,3-4H3. The zero-order chi connectivity index (χ0) is 14.5. The zero-order valence-electron chi connectivity index (χ0n) is 12.8. The van der Waals surface area contributed by atoms with Crippen LogP contribution in [0, 0.1) is 0 Å². The molecular formula is C20H24. The van der Waals surface area contributed by atoms with Gasteiger partial charge in [0.2, 0.25) is 0 Å². The fourth-order valence-electron chi connectivity index (χ4n) is 2.51. The van der Waals surface area contributed by atoms with E-state index in [0.717, 1.165) is 6.42 Å². The molecular weight excluding hydrogens is 240 g/mol. The van der Waals surface area contributed by atoms with E-state index in [9.17, 15) is 0 Å². The Bertz CT molecular complexity index is 544. The van der Waals surface area contributed by atoms with E-state index >= 15 is 0 Å². The molecule has 0 amide bonds. The molecule has 0 N–H and O–H groups in total. The first-order valence-electron chi connectivity index (χ1n) is 7.47. The van der Waals surface area contributed by atoms with Crippen LogP contribution in [0.5, 0.6) is 0 Å². The Morgan fingerprint density at radius 3 is 1.70 bits per heavy atom. The highest BCUT2D eigenvalue weighted by atomic mass is 14.1. The second-order valence-corrected chi connectivity index (χ2v) is 5.63. The summed E-state index contributed by atoms with van der Waals surface area (Å²) in [6.45, 7) is 10.7. The Hall–Kier alpha value is -1.82. The van der Waals surface area contributed by atoms with Gasteiger partial charge in [0.15, 0.2) is 0 Å². The average molecular weight is 264 g/mol. The van der Waals surface area contributed by atoms with Crippen molar-refractivity contribution in [3.05, 3.63) is 83.4 Å². The van der Waals surface area contributed by atoms with Gasteiger partial charge in [-0.15, -0.1) is 6.58 Å². The summed E-state index contributed by atoms with van der Waals surface area (Å²) >= 11 is 0. The largest absolute Gasteiger partial charge is 0.102 e. The number of rotatable bonds is 5. The number of hydrogen-bond acceptors (Lipinski definition) is 0. The maximum absolute atomic E-state index is 4.01. The molecule has 0 saturated heterocycles. The first kappa shape index (κ1) is 14.6. The van der Waals surface area contributed by atoms with E-state index in [1.165, 1.54) is 22.3 Å². The second-order valence-electron chi connectivity index (χ2n) is 5.63. The van der Waals surface area contributed by atoms with E-state index in [1.807, 2.05) is 6.08 Å². The Labute approximate surface area is 123 Å². The molecule has 1 unspecified atom stereocenters. The molecule has 104 valence electrons. The van der Waals surface area contributed by atoms with Crippen molar-refractivity contribution in [1.82, 2.24) is 0 Å². The highest BCUT2D eigenvalue weighted by Crippen LogP contribution is 2.27.